The number of hydrogen-bond donors (Lipinski definition) is 1. The summed E-state index contributed by atoms with van der Waals surface area (Å²) in [5.74, 6) is 0.675. The van der Waals surface area contributed by atoms with E-state index >= 15 is 0 Å². The van der Waals surface area contributed by atoms with Gasteiger partial charge in [0.1, 0.15) is 0 Å². The molecule has 3 heteroatoms. The molecule has 0 bridgehead atoms. The molecule has 0 amide bonds. The summed E-state index contributed by atoms with van der Waals surface area (Å²) in [5.41, 5.74) is 1.49. The normalized spacial score (nSPS) is 12.4. The van der Waals surface area contributed by atoms with Crippen LogP contribution in [0.1, 0.15) is 70.0 Å². The number of aromatic nitrogens is 1. The van der Waals surface area contributed by atoms with Gasteiger partial charge in [0.25, 0.3) is 0 Å². The highest BCUT2D eigenvalue weighted by Gasteiger charge is 2.15. The zero-order valence-corrected chi connectivity index (χ0v) is 14.3. The minimum absolute atomic E-state index is 0.169. The van der Waals surface area contributed by atoms with E-state index < -0.39 is 0 Å². The average molecular weight is 282 g/mol. The first-order valence-electron chi connectivity index (χ1n) is 7.54. The Morgan fingerprint density at radius 3 is 2.47 bits per heavy atom. The molecule has 0 fully saturated rings. The van der Waals surface area contributed by atoms with Crippen molar-refractivity contribution in [2.24, 2.45) is 5.92 Å². The van der Waals surface area contributed by atoms with E-state index in [2.05, 4.69) is 46.9 Å². The van der Waals surface area contributed by atoms with Crippen LogP contribution in [-0.2, 0) is 19.4 Å². The number of hydrogen-bond acceptors (Lipinski definition) is 3. The van der Waals surface area contributed by atoms with Crippen LogP contribution in [-0.4, -0.2) is 10.5 Å². The van der Waals surface area contributed by atoms with Gasteiger partial charge in [0.15, 0.2) is 0 Å². The molecule has 110 valence electrons. The largest absolute Gasteiger partial charge is 0.307 e. The lowest BCUT2D eigenvalue weighted by Gasteiger charge is -2.20. The van der Waals surface area contributed by atoms with Crippen molar-refractivity contribution >= 4 is 11.3 Å². The van der Waals surface area contributed by atoms with Gasteiger partial charge in [-0.3, -0.25) is 0 Å². The molecule has 0 aliphatic heterocycles. The lowest BCUT2D eigenvalue weighted by Crippen LogP contribution is -2.35. The van der Waals surface area contributed by atoms with E-state index in [9.17, 15) is 0 Å². The van der Waals surface area contributed by atoms with Crippen molar-refractivity contribution in [3.63, 3.8) is 0 Å². The highest BCUT2D eigenvalue weighted by molar-refractivity contribution is 7.11. The van der Waals surface area contributed by atoms with Gasteiger partial charge in [-0.2, -0.15) is 0 Å². The van der Waals surface area contributed by atoms with Crippen LogP contribution in [0.15, 0.2) is 0 Å². The van der Waals surface area contributed by atoms with Crippen molar-refractivity contribution in [1.29, 1.82) is 0 Å². The second-order valence-corrected chi connectivity index (χ2v) is 7.95. The fraction of sp³-hybridized carbons (Fsp3) is 0.812. The predicted molar refractivity (Wildman–Crippen MR) is 85.9 cm³/mol. The summed E-state index contributed by atoms with van der Waals surface area (Å²) in [6.45, 7) is 14.4. The van der Waals surface area contributed by atoms with Crippen molar-refractivity contribution in [3.8, 4) is 0 Å². The van der Waals surface area contributed by atoms with Crippen LogP contribution in [0.2, 0.25) is 0 Å². The summed E-state index contributed by atoms with van der Waals surface area (Å²) in [6, 6.07) is 0. The van der Waals surface area contributed by atoms with E-state index in [-0.39, 0.29) is 5.54 Å². The van der Waals surface area contributed by atoms with E-state index in [0.29, 0.717) is 5.92 Å². The Balaban J connectivity index is 2.76. The summed E-state index contributed by atoms with van der Waals surface area (Å²) < 4.78 is 0. The Hall–Kier alpha value is -0.410. The third kappa shape index (κ3) is 6.53. The zero-order chi connectivity index (χ0) is 14.5. The molecule has 0 aromatic carbocycles. The quantitative estimate of drug-likeness (QED) is 0.792. The van der Waals surface area contributed by atoms with Crippen LogP contribution >= 0.6 is 11.3 Å². The van der Waals surface area contributed by atoms with Gasteiger partial charge in [0, 0.05) is 17.0 Å². The summed E-state index contributed by atoms with van der Waals surface area (Å²) in [6.07, 6.45) is 4.74. The standard InChI is InChI=1S/C16H30N2S/c1-7-8-9-15-18-13(10-12(2)3)14(19-15)11-17-16(4,5)6/h12,17H,7-11H2,1-6H3. The van der Waals surface area contributed by atoms with E-state index in [0.717, 1.165) is 19.4 Å². The van der Waals surface area contributed by atoms with Crippen LogP contribution in [0.3, 0.4) is 0 Å². The number of nitrogens with one attached hydrogen (secondary N) is 1. The summed E-state index contributed by atoms with van der Waals surface area (Å²) in [4.78, 5) is 6.31. The smallest absolute Gasteiger partial charge is 0.0931 e. The molecule has 0 radical (unpaired) electrons. The van der Waals surface area contributed by atoms with E-state index in [1.54, 1.807) is 0 Å². The summed E-state index contributed by atoms with van der Waals surface area (Å²) in [7, 11) is 0. The molecule has 2 nitrogen and oxygen atoms in total. The van der Waals surface area contributed by atoms with Crippen LogP contribution in [0.4, 0.5) is 0 Å². The number of rotatable bonds is 7. The van der Waals surface area contributed by atoms with Gasteiger partial charge < -0.3 is 5.32 Å². The average Bonchev–Trinajstić information content (AvgIpc) is 2.64. The maximum absolute atomic E-state index is 4.87. The second kappa shape index (κ2) is 7.39. The van der Waals surface area contributed by atoms with Gasteiger partial charge >= 0.3 is 0 Å². The lowest BCUT2D eigenvalue weighted by molar-refractivity contribution is 0.425. The molecule has 1 aromatic heterocycles. The Bertz CT molecular complexity index is 375. The monoisotopic (exact) mass is 282 g/mol. The first-order chi connectivity index (χ1) is 8.81. The zero-order valence-electron chi connectivity index (χ0n) is 13.5. The topological polar surface area (TPSA) is 24.9 Å². The van der Waals surface area contributed by atoms with Crippen LogP contribution in [0, 0.1) is 5.92 Å². The predicted octanol–water partition coefficient (Wildman–Crippen LogP) is 4.57. The molecule has 1 aromatic rings. The van der Waals surface area contributed by atoms with Crippen molar-refractivity contribution in [3.05, 3.63) is 15.6 Å². The van der Waals surface area contributed by atoms with Crippen molar-refractivity contribution in [2.75, 3.05) is 0 Å². The highest BCUT2D eigenvalue weighted by atomic mass is 32.1. The van der Waals surface area contributed by atoms with Crippen LogP contribution in [0.25, 0.3) is 0 Å². The van der Waals surface area contributed by atoms with Crippen molar-refractivity contribution in [1.82, 2.24) is 10.3 Å². The van der Waals surface area contributed by atoms with Gasteiger partial charge in [-0.25, -0.2) is 4.98 Å². The molecule has 0 saturated carbocycles. The molecular formula is C16H30N2S. The third-order valence-electron chi connectivity index (χ3n) is 2.95. The number of thiazole rings is 1. The van der Waals surface area contributed by atoms with Crippen molar-refractivity contribution in [2.45, 2.75) is 79.3 Å². The Labute approximate surface area is 123 Å². The molecule has 1 rings (SSSR count). The third-order valence-corrected chi connectivity index (χ3v) is 4.11. The molecule has 19 heavy (non-hydrogen) atoms. The summed E-state index contributed by atoms with van der Waals surface area (Å²) in [5, 5.41) is 4.91. The SMILES string of the molecule is CCCCc1nc(CC(C)C)c(CNC(C)(C)C)s1. The molecule has 0 aliphatic rings. The Morgan fingerprint density at radius 1 is 1.26 bits per heavy atom. The summed E-state index contributed by atoms with van der Waals surface area (Å²) >= 11 is 1.91. The van der Waals surface area contributed by atoms with Gasteiger partial charge in [0.2, 0.25) is 0 Å². The fourth-order valence-corrected chi connectivity index (χ4v) is 2.98. The van der Waals surface area contributed by atoms with Crippen LogP contribution < -0.4 is 5.32 Å². The highest BCUT2D eigenvalue weighted by Crippen LogP contribution is 2.23. The van der Waals surface area contributed by atoms with Gasteiger partial charge in [-0.05, 0) is 46.0 Å². The number of unbranched alkanes of at least 4 members (excludes halogenated alkanes) is 1. The van der Waals surface area contributed by atoms with Gasteiger partial charge in [0.05, 0.1) is 10.7 Å². The minimum Gasteiger partial charge on any atom is -0.307 e. The Morgan fingerprint density at radius 2 is 1.95 bits per heavy atom. The molecule has 1 N–H and O–H groups in total. The second-order valence-electron chi connectivity index (χ2n) is 6.78. The molecule has 1 heterocycles. The first-order valence-corrected chi connectivity index (χ1v) is 8.36. The molecule has 0 spiro atoms. The molecular weight excluding hydrogens is 252 g/mol. The molecule has 0 saturated heterocycles. The van der Waals surface area contributed by atoms with E-state index in [1.807, 2.05) is 11.3 Å². The fourth-order valence-electron chi connectivity index (χ4n) is 1.90. The molecule has 0 aliphatic carbocycles. The Kier molecular flexibility index (Phi) is 6.48. The van der Waals surface area contributed by atoms with E-state index in [4.69, 9.17) is 4.98 Å². The van der Waals surface area contributed by atoms with Gasteiger partial charge in [-0.1, -0.05) is 27.2 Å². The lowest BCUT2D eigenvalue weighted by atomic mass is 10.1. The van der Waals surface area contributed by atoms with Crippen LogP contribution in [0.5, 0.6) is 0 Å². The first kappa shape index (κ1) is 16.6. The number of nitrogens with zero attached hydrogens (tertiary/aromatic N) is 1. The maximum atomic E-state index is 4.87. The van der Waals surface area contributed by atoms with E-state index in [1.165, 1.54) is 28.4 Å². The van der Waals surface area contributed by atoms with Crippen molar-refractivity contribution < 1.29 is 0 Å². The van der Waals surface area contributed by atoms with Gasteiger partial charge in [-0.15, -0.1) is 11.3 Å². The minimum atomic E-state index is 0.169. The molecule has 0 unspecified atom stereocenters. The molecule has 0 atom stereocenters. The maximum Gasteiger partial charge on any atom is 0.0931 e. The number of aryl methyl sites for hydroxylation is 1.